The number of hydrogen-bond donors (Lipinski definition) is 1. The number of nitrogens with zero attached hydrogens (tertiary/aromatic N) is 1. The third kappa shape index (κ3) is 2.20. The molecular formula is C8H14BrNO2. The summed E-state index contributed by atoms with van der Waals surface area (Å²) >= 11 is 3.30. The van der Waals surface area contributed by atoms with Gasteiger partial charge in [0.1, 0.15) is 0 Å². The van der Waals surface area contributed by atoms with Crippen molar-refractivity contribution in [3.05, 3.63) is 0 Å². The Labute approximate surface area is 80.9 Å². The van der Waals surface area contributed by atoms with Gasteiger partial charge in [-0.25, -0.2) is 0 Å². The van der Waals surface area contributed by atoms with Crippen molar-refractivity contribution in [1.82, 2.24) is 4.90 Å². The van der Waals surface area contributed by atoms with Gasteiger partial charge < -0.3 is 10.0 Å². The molecule has 1 aliphatic rings. The van der Waals surface area contributed by atoms with Crippen LogP contribution >= 0.6 is 15.9 Å². The van der Waals surface area contributed by atoms with Crippen LogP contribution < -0.4 is 0 Å². The number of β-amino-alcohol motifs (C(OH)–C–C–N with tert-alkyl or cyclic N) is 1. The Morgan fingerprint density at radius 3 is 2.92 bits per heavy atom. The highest BCUT2D eigenvalue weighted by atomic mass is 79.9. The molecule has 0 spiro atoms. The maximum Gasteiger partial charge on any atom is 0.236 e. The van der Waals surface area contributed by atoms with Gasteiger partial charge in [0.05, 0.1) is 10.9 Å². The van der Waals surface area contributed by atoms with Crippen molar-refractivity contribution in [1.29, 1.82) is 0 Å². The van der Waals surface area contributed by atoms with Crippen molar-refractivity contribution in [2.45, 2.75) is 30.7 Å². The van der Waals surface area contributed by atoms with Gasteiger partial charge >= 0.3 is 0 Å². The number of likely N-dealkylation sites (tertiary alicyclic amines) is 1. The minimum Gasteiger partial charge on any atom is -0.391 e. The minimum absolute atomic E-state index is 0.0807. The van der Waals surface area contributed by atoms with Crippen LogP contribution in [0.2, 0.25) is 0 Å². The Morgan fingerprint density at radius 1 is 1.83 bits per heavy atom. The van der Waals surface area contributed by atoms with Crippen LogP contribution in [0.5, 0.6) is 0 Å². The van der Waals surface area contributed by atoms with Gasteiger partial charge in [-0.2, -0.15) is 0 Å². The van der Waals surface area contributed by atoms with Crippen molar-refractivity contribution in [2.24, 2.45) is 0 Å². The Balaban J connectivity index is 2.43. The van der Waals surface area contributed by atoms with E-state index in [1.54, 1.807) is 4.90 Å². The second-order valence-corrected chi connectivity index (χ2v) is 4.21. The SMILES string of the molecule is CCC(Br)C(=O)N1CCC(O)C1. The highest BCUT2D eigenvalue weighted by Crippen LogP contribution is 2.15. The quantitative estimate of drug-likeness (QED) is 0.719. The number of alkyl halides is 1. The van der Waals surface area contributed by atoms with Crippen molar-refractivity contribution >= 4 is 21.8 Å². The number of hydrogen-bond acceptors (Lipinski definition) is 2. The first-order valence-corrected chi connectivity index (χ1v) is 5.17. The smallest absolute Gasteiger partial charge is 0.236 e. The molecule has 0 saturated carbocycles. The molecule has 0 aromatic rings. The van der Waals surface area contributed by atoms with Gasteiger partial charge in [0.2, 0.25) is 5.91 Å². The van der Waals surface area contributed by atoms with Crippen molar-refractivity contribution < 1.29 is 9.90 Å². The van der Waals surface area contributed by atoms with E-state index >= 15 is 0 Å². The topological polar surface area (TPSA) is 40.5 Å². The third-order valence-corrected chi connectivity index (χ3v) is 3.14. The number of carbonyl (C=O) groups is 1. The zero-order valence-electron chi connectivity index (χ0n) is 7.16. The van der Waals surface area contributed by atoms with Gasteiger partial charge in [-0.15, -0.1) is 0 Å². The molecule has 0 radical (unpaired) electrons. The second kappa shape index (κ2) is 4.23. The van der Waals surface area contributed by atoms with Crippen molar-refractivity contribution in [3.8, 4) is 0 Å². The van der Waals surface area contributed by atoms with Gasteiger partial charge in [0.25, 0.3) is 0 Å². The van der Waals surface area contributed by atoms with Crippen molar-refractivity contribution in [2.75, 3.05) is 13.1 Å². The molecule has 12 heavy (non-hydrogen) atoms. The van der Waals surface area contributed by atoms with Crippen LogP contribution in [-0.4, -0.2) is 39.9 Å². The molecule has 1 aliphatic heterocycles. The summed E-state index contributed by atoms with van der Waals surface area (Å²) in [4.78, 5) is 13.1. The lowest BCUT2D eigenvalue weighted by Gasteiger charge is -2.18. The average Bonchev–Trinajstić information content (AvgIpc) is 2.49. The predicted octanol–water partition coefficient (Wildman–Crippen LogP) is 0.753. The van der Waals surface area contributed by atoms with E-state index in [4.69, 9.17) is 0 Å². The second-order valence-electron chi connectivity index (χ2n) is 3.10. The molecule has 0 bridgehead atoms. The van der Waals surface area contributed by atoms with Crippen LogP contribution in [0, 0.1) is 0 Å². The van der Waals surface area contributed by atoms with E-state index < -0.39 is 0 Å². The molecule has 1 heterocycles. The number of aliphatic hydroxyl groups is 1. The molecule has 2 unspecified atom stereocenters. The lowest BCUT2D eigenvalue weighted by molar-refractivity contribution is -0.129. The van der Waals surface area contributed by atoms with Crippen LogP contribution in [0.15, 0.2) is 0 Å². The Kier molecular flexibility index (Phi) is 3.53. The van der Waals surface area contributed by atoms with E-state index in [0.29, 0.717) is 13.1 Å². The molecule has 0 aromatic carbocycles. The van der Waals surface area contributed by atoms with Crippen LogP contribution in [0.1, 0.15) is 19.8 Å². The molecule has 1 fully saturated rings. The monoisotopic (exact) mass is 235 g/mol. The molecular weight excluding hydrogens is 222 g/mol. The summed E-state index contributed by atoms with van der Waals surface area (Å²) in [6.45, 7) is 3.16. The minimum atomic E-state index is -0.314. The van der Waals surface area contributed by atoms with E-state index in [0.717, 1.165) is 12.8 Å². The fraction of sp³-hybridized carbons (Fsp3) is 0.875. The summed E-state index contributed by atoms with van der Waals surface area (Å²) in [5.74, 6) is 0.106. The lowest BCUT2D eigenvalue weighted by atomic mass is 10.3. The third-order valence-electron chi connectivity index (χ3n) is 2.10. The summed E-state index contributed by atoms with van der Waals surface area (Å²) in [7, 11) is 0. The number of carbonyl (C=O) groups excluding carboxylic acids is 1. The summed E-state index contributed by atoms with van der Waals surface area (Å²) in [6, 6.07) is 0. The zero-order chi connectivity index (χ0) is 9.14. The highest BCUT2D eigenvalue weighted by molar-refractivity contribution is 9.10. The molecule has 1 rings (SSSR count). The standard InChI is InChI=1S/C8H14BrNO2/c1-2-7(9)8(12)10-4-3-6(11)5-10/h6-7,11H,2-5H2,1H3. The summed E-state index contributed by atoms with van der Waals surface area (Å²) < 4.78 is 0. The first kappa shape index (κ1) is 9.99. The first-order valence-electron chi connectivity index (χ1n) is 4.26. The molecule has 0 aromatic heterocycles. The first-order chi connectivity index (χ1) is 5.65. The highest BCUT2D eigenvalue weighted by Gasteiger charge is 2.27. The molecule has 3 nitrogen and oxygen atoms in total. The van der Waals surface area contributed by atoms with Crippen LogP contribution in [0.4, 0.5) is 0 Å². The fourth-order valence-electron chi connectivity index (χ4n) is 1.31. The zero-order valence-corrected chi connectivity index (χ0v) is 8.75. The molecule has 1 N–H and O–H groups in total. The van der Waals surface area contributed by atoms with Crippen LogP contribution in [0.3, 0.4) is 0 Å². The van der Waals surface area contributed by atoms with Crippen LogP contribution in [0.25, 0.3) is 0 Å². The summed E-state index contributed by atoms with van der Waals surface area (Å²) in [5, 5.41) is 9.19. The largest absolute Gasteiger partial charge is 0.391 e. The van der Waals surface area contributed by atoms with E-state index in [2.05, 4.69) is 15.9 Å². The van der Waals surface area contributed by atoms with Gasteiger partial charge in [0, 0.05) is 13.1 Å². The van der Waals surface area contributed by atoms with Gasteiger partial charge in [-0.3, -0.25) is 4.79 Å². The Bertz CT molecular complexity index is 174. The lowest BCUT2D eigenvalue weighted by Crippen LogP contribution is -2.35. The summed E-state index contributed by atoms with van der Waals surface area (Å²) in [6.07, 6.45) is 1.20. The molecule has 1 amide bonds. The summed E-state index contributed by atoms with van der Waals surface area (Å²) in [5.41, 5.74) is 0. The maximum atomic E-state index is 11.5. The van der Waals surface area contributed by atoms with E-state index in [1.807, 2.05) is 6.92 Å². The molecule has 2 atom stereocenters. The van der Waals surface area contributed by atoms with Gasteiger partial charge in [0.15, 0.2) is 0 Å². The number of rotatable bonds is 2. The molecule has 1 saturated heterocycles. The molecule has 0 aliphatic carbocycles. The maximum absolute atomic E-state index is 11.5. The van der Waals surface area contributed by atoms with Crippen LogP contribution in [-0.2, 0) is 4.79 Å². The van der Waals surface area contributed by atoms with E-state index in [9.17, 15) is 9.90 Å². The van der Waals surface area contributed by atoms with E-state index in [-0.39, 0.29) is 16.8 Å². The Morgan fingerprint density at radius 2 is 2.50 bits per heavy atom. The van der Waals surface area contributed by atoms with E-state index in [1.165, 1.54) is 0 Å². The average molecular weight is 236 g/mol. The fourth-order valence-corrected chi connectivity index (χ4v) is 1.60. The number of aliphatic hydroxyl groups excluding tert-OH is 1. The van der Waals surface area contributed by atoms with Crippen molar-refractivity contribution in [3.63, 3.8) is 0 Å². The number of amides is 1. The number of halogens is 1. The van der Waals surface area contributed by atoms with Gasteiger partial charge in [-0.05, 0) is 12.8 Å². The predicted molar refractivity (Wildman–Crippen MR) is 50.2 cm³/mol. The molecule has 4 heteroatoms. The normalized spacial score (nSPS) is 25.9. The Hall–Kier alpha value is -0.0900. The molecule has 70 valence electrons. The van der Waals surface area contributed by atoms with Gasteiger partial charge in [-0.1, -0.05) is 22.9 Å².